The third kappa shape index (κ3) is 6.03. The number of thioether (sulfide) groups is 1. The third-order valence-electron chi connectivity index (χ3n) is 6.18. The van der Waals surface area contributed by atoms with Crippen LogP contribution in [0.2, 0.25) is 0 Å². The smallest absolute Gasteiger partial charge is 0.336 e. The topological polar surface area (TPSA) is 95.5 Å². The molecule has 0 spiro atoms. The normalized spacial score (nSPS) is 11.5. The quantitative estimate of drug-likeness (QED) is 0.175. The Morgan fingerprint density at radius 1 is 0.700 bits per heavy atom. The number of carboxylic acid groups (broad SMARTS) is 1. The Bertz CT molecular complexity index is 1700. The summed E-state index contributed by atoms with van der Waals surface area (Å²) in [5, 5.41) is 15.7. The Hall–Kier alpha value is -4.95. The Morgan fingerprint density at radius 3 is 2.08 bits per heavy atom. The minimum absolute atomic E-state index is 0.0467. The zero-order valence-corrected chi connectivity index (χ0v) is 21.8. The lowest BCUT2D eigenvalue weighted by Gasteiger charge is -2.18. The molecule has 0 heterocycles. The molecule has 5 aromatic carbocycles. The summed E-state index contributed by atoms with van der Waals surface area (Å²) >= 11 is 1.30. The van der Waals surface area contributed by atoms with Crippen LogP contribution in [0.25, 0.3) is 10.8 Å². The van der Waals surface area contributed by atoms with Crippen LogP contribution in [0.1, 0.15) is 31.5 Å². The first-order chi connectivity index (χ1) is 19.4. The second kappa shape index (κ2) is 11.8. The van der Waals surface area contributed by atoms with Crippen LogP contribution in [0.3, 0.4) is 0 Å². The lowest BCUT2D eigenvalue weighted by atomic mass is 9.98. The van der Waals surface area contributed by atoms with Gasteiger partial charge in [-0.15, -0.1) is 11.8 Å². The van der Waals surface area contributed by atoms with E-state index < -0.39 is 22.9 Å². The van der Waals surface area contributed by atoms with Crippen molar-refractivity contribution in [1.29, 1.82) is 0 Å². The second-order valence-corrected chi connectivity index (χ2v) is 10.1. The number of hydrogen-bond acceptors (Lipinski definition) is 4. The maximum absolute atomic E-state index is 13.3. The van der Waals surface area contributed by atoms with Gasteiger partial charge in [0.25, 0.3) is 5.91 Å². The number of fused-ring (bicyclic) bond motifs is 1. The van der Waals surface area contributed by atoms with Crippen molar-refractivity contribution in [3.8, 4) is 0 Å². The fourth-order valence-corrected chi connectivity index (χ4v) is 5.42. The van der Waals surface area contributed by atoms with Crippen LogP contribution in [-0.2, 0) is 4.79 Å². The van der Waals surface area contributed by atoms with E-state index in [0.29, 0.717) is 22.1 Å². The van der Waals surface area contributed by atoms with Gasteiger partial charge in [0.05, 0.1) is 5.56 Å². The summed E-state index contributed by atoms with van der Waals surface area (Å²) < 4.78 is 13.3. The molecule has 1 unspecified atom stereocenters. The molecular weight excluding hydrogens is 527 g/mol. The van der Waals surface area contributed by atoms with E-state index in [1.807, 2.05) is 36.4 Å². The largest absolute Gasteiger partial charge is 0.478 e. The van der Waals surface area contributed by atoms with Crippen LogP contribution in [0.4, 0.5) is 15.8 Å². The third-order valence-corrected chi connectivity index (χ3v) is 7.43. The SMILES string of the molecule is O=C(O)c1cccc2cccc(C(=O)Nc3cccc(SC(C(=O)Nc4ccc(F)cc4)c4ccccc4)c3)c12. The van der Waals surface area contributed by atoms with Gasteiger partial charge in [0, 0.05) is 27.2 Å². The molecule has 3 N–H and O–H groups in total. The number of hydrogen-bond donors (Lipinski definition) is 3. The molecule has 0 aliphatic heterocycles. The maximum Gasteiger partial charge on any atom is 0.336 e. The Labute approximate surface area is 233 Å². The van der Waals surface area contributed by atoms with Gasteiger partial charge in [-0.05, 0) is 65.5 Å². The minimum Gasteiger partial charge on any atom is -0.478 e. The van der Waals surface area contributed by atoms with Crippen molar-refractivity contribution in [3.63, 3.8) is 0 Å². The van der Waals surface area contributed by atoms with Crippen molar-refractivity contribution in [2.75, 3.05) is 10.6 Å². The molecule has 40 heavy (non-hydrogen) atoms. The summed E-state index contributed by atoms with van der Waals surface area (Å²) in [5.74, 6) is -2.24. The molecule has 0 aliphatic carbocycles. The molecule has 6 nitrogen and oxygen atoms in total. The van der Waals surface area contributed by atoms with E-state index >= 15 is 0 Å². The minimum atomic E-state index is -1.12. The fourth-order valence-electron chi connectivity index (χ4n) is 4.33. The first-order valence-corrected chi connectivity index (χ1v) is 13.2. The van der Waals surface area contributed by atoms with Crippen LogP contribution < -0.4 is 10.6 Å². The van der Waals surface area contributed by atoms with Crippen molar-refractivity contribution in [2.24, 2.45) is 0 Å². The highest BCUT2D eigenvalue weighted by atomic mass is 32.2. The molecule has 0 aliphatic rings. The van der Waals surface area contributed by atoms with Crippen molar-refractivity contribution in [3.05, 3.63) is 138 Å². The molecule has 198 valence electrons. The van der Waals surface area contributed by atoms with Gasteiger partial charge in [-0.1, -0.05) is 60.7 Å². The molecule has 0 radical (unpaired) electrons. The first-order valence-electron chi connectivity index (χ1n) is 12.3. The molecule has 2 amide bonds. The predicted molar refractivity (Wildman–Crippen MR) is 155 cm³/mol. The Morgan fingerprint density at radius 2 is 1.38 bits per heavy atom. The van der Waals surface area contributed by atoms with E-state index in [-0.39, 0.29) is 17.0 Å². The van der Waals surface area contributed by atoms with Crippen molar-refractivity contribution >= 4 is 51.7 Å². The van der Waals surface area contributed by atoms with Crippen molar-refractivity contribution in [2.45, 2.75) is 10.1 Å². The predicted octanol–water partition coefficient (Wildman–Crippen LogP) is 7.40. The highest BCUT2D eigenvalue weighted by Gasteiger charge is 2.23. The van der Waals surface area contributed by atoms with Crippen molar-refractivity contribution < 1.29 is 23.9 Å². The monoisotopic (exact) mass is 550 g/mol. The van der Waals surface area contributed by atoms with E-state index in [4.69, 9.17) is 0 Å². The molecule has 0 saturated heterocycles. The van der Waals surface area contributed by atoms with Gasteiger partial charge in [0.15, 0.2) is 0 Å². The second-order valence-electron chi connectivity index (χ2n) is 8.90. The number of carbonyl (C=O) groups is 3. The summed E-state index contributed by atoms with van der Waals surface area (Å²) in [6, 6.07) is 31.8. The average Bonchev–Trinajstić information content (AvgIpc) is 2.97. The average molecular weight is 551 g/mol. The van der Waals surface area contributed by atoms with Gasteiger partial charge < -0.3 is 15.7 Å². The standard InChI is InChI=1S/C32H23FN2O4S/c33-22-15-17-23(18-16-22)34-31(37)29(21-7-2-1-3-8-21)40-25-12-6-11-24(19-25)35-30(36)26-13-4-9-20-10-5-14-27(28(20)26)32(38)39/h1-19,29H,(H,34,37)(H,35,36)(H,38,39). The van der Waals surface area contributed by atoms with Gasteiger partial charge in [0.1, 0.15) is 11.1 Å². The highest BCUT2D eigenvalue weighted by molar-refractivity contribution is 8.00. The van der Waals surface area contributed by atoms with Gasteiger partial charge >= 0.3 is 5.97 Å². The van der Waals surface area contributed by atoms with Gasteiger partial charge in [-0.25, -0.2) is 9.18 Å². The number of benzene rings is 5. The Kier molecular flexibility index (Phi) is 7.89. The summed E-state index contributed by atoms with van der Waals surface area (Å²) in [7, 11) is 0. The maximum atomic E-state index is 13.3. The summed E-state index contributed by atoms with van der Waals surface area (Å²) in [6.07, 6.45) is 0. The molecule has 0 aromatic heterocycles. The fraction of sp³-hybridized carbons (Fsp3) is 0.0312. The van der Waals surface area contributed by atoms with Crippen LogP contribution in [0, 0.1) is 5.82 Å². The summed E-state index contributed by atoms with van der Waals surface area (Å²) in [5.41, 5.74) is 2.04. The van der Waals surface area contributed by atoms with Crippen molar-refractivity contribution in [1.82, 2.24) is 0 Å². The molecule has 5 rings (SSSR count). The van der Waals surface area contributed by atoms with Crippen LogP contribution in [-0.4, -0.2) is 22.9 Å². The van der Waals surface area contributed by atoms with Crippen LogP contribution in [0.15, 0.2) is 120 Å². The number of aromatic carboxylic acids is 1. The van der Waals surface area contributed by atoms with Gasteiger partial charge in [0.2, 0.25) is 5.91 Å². The van der Waals surface area contributed by atoms with E-state index in [1.54, 1.807) is 48.5 Å². The molecule has 8 heteroatoms. The Balaban J connectivity index is 1.40. The van der Waals surface area contributed by atoms with E-state index in [2.05, 4.69) is 10.6 Å². The first kappa shape index (κ1) is 26.6. The zero-order valence-electron chi connectivity index (χ0n) is 21.0. The number of carbonyl (C=O) groups excluding carboxylic acids is 2. The van der Waals surface area contributed by atoms with Crippen LogP contribution in [0.5, 0.6) is 0 Å². The van der Waals surface area contributed by atoms with E-state index in [1.165, 1.54) is 42.1 Å². The van der Waals surface area contributed by atoms with Gasteiger partial charge in [-0.2, -0.15) is 0 Å². The number of carboxylic acids is 1. The molecule has 5 aromatic rings. The molecule has 1 atom stereocenters. The zero-order chi connectivity index (χ0) is 28.1. The van der Waals surface area contributed by atoms with Crippen LogP contribution >= 0.6 is 11.8 Å². The number of rotatable bonds is 8. The molecule has 0 bridgehead atoms. The van der Waals surface area contributed by atoms with E-state index in [0.717, 1.165) is 10.5 Å². The number of nitrogens with one attached hydrogen (secondary N) is 2. The number of halogens is 1. The van der Waals surface area contributed by atoms with E-state index in [9.17, 15) is 23.9 Å². The summed E-state index contributed by atoms with van der Waals surface area (Å²) in [6.45, 7) is 0. The molecule has 0 fully saturated rings. The lowest BCUT2D eigenvalue weighted by Crippen LogP contribution is -2.19. The highest BCUT2D eigenvalue weighted by Crippen LogP contribution is 2.37. The molecule has 0 saturated carbocycles. The number of amides is 2. The number of anilines is 2. The van der Waals surface area contributed by atoms with Gasteiger partial charge in [-0.3, -0.25) is 9.59 Å². The summed E-state index contributed by atoms with van der Waals surface area (Å²) in [4.78, 5) is 39.2. The molecular formula is C32H23FN2O4S. The lowest BCUT2D eigenvalue weighted by molar-refractivity contribution is -0.115.